The van der Waals surface area contributed by atoms with Gasteiger partial charge in [0.25, 0.3) is 22.2 Å². The van der Waals surface area contributed by atoms with Crippen LogP contribution in [0.25, 0.3) is 21.5 Å². The van der Waals surface area contributed by atoms with E-state index in [1.807, 2.05) is 0 Å². The number of carbonyl (C=O) groups excluding carboxylic acids is 1. The molecular weight excluding hydrogens is 340 g/mol. The molecule has 2 heterocycles. The molecule has 26 heavy (non-hydrogen) atoms. The van der Waals surface area contributed by atoms with E-state index in [4.69, 9.17) is 0 Å². The lowest BCUT2D eigenvalue weighted by Crippen LogP contribution is -2.20. The molecule has 0 aliphatic carbocycles. The summed E-state index contributed by atoms with van der Waals surface area (Å²) in [6.45, 7) is 0. The third kappa shape index (κ3) is 2.30. The Bertz CT molecular complexity index is 1330. The van der Waals surface area contributed by atoms with Crippen LogP contribution in [0, 0.1) is 0 Å². The van der Waals surface area contributed by atoms with Crippen LogP contribution < -0.4 is 22.2 Å². The molecule has 2 aromatic heterocycles. The van der Waals surface area contributed by atoms with Crippen molar-refractivity contribution in [1.29, 1.82) is 0 Å². The molecule has 4 rings (SSSR count). The number of nitrogens with one attached hydrogen (secondary N) is 4. The highest BCUT2D eigenvalue weighted by molar-refractivity contribution is 6.11. The number of hydrogen-bond acceptors (Lipinski definition) is 5. The topological polar surface area (TPSA) is 149 Å². The van der Waals surface area contributed by atoms with E-state index in [0.29, 0.717) is 0 Å². The van der Waals surface area contributed by atoms with Crippen molar-refractivity contribution < 1.29 is 4.79 Å². The van der Waals surface area contributed by atoms with Crippen LogP contribution in [0.15, 0.2) is 55.6 Å². The zero-order valence-electron chi connectivity index (χ0n) is 13.0. The number of carbonyl (C=O) groups is 1. The van der Waals surface area contributed by atoms with E-state index in [9.17, 15) is 24.0 Å². The SMILES string of the molecule is O=C(c1ccc2c(=O)[nH][nH]c(=O)c2c1)c1ccc2c(=O)[nH][nH]c(=O)c2c1. The highest BCUT2D eigenvalue weighted by atomic mass is 16.2. The van der Waals surface area contributed by atoms with Gasteiger partial charge in [-0.25, -0.2) is 0 Å². The molecule has 9 heteroatoms. The Morgan fingerprint density at radius 3 is 1.27 bits per heavy atom. The van der Waals surface area contributed by atoms with E-state index in [1.165, 1.54) is 36.4 Å². The van der Waals surface area contributed by atoms with E-state index in [2.05, 4.69) is 20.4 Å². The number of hydrogen-bond donors (Lipinski definition) is 4. The van der Waals surface area contributed by atoms with Crippen LogP contribution in [0.5, 0.6) is 0 Å². The number of rotatable bonds is 2. The van der Waals surface area contributed by atoms with Crippen molar-refractivity contribution in [2.45, 2.75) is 0 Å². The van der Waals surface area contributed by atoms with Gasteiger partial charge in [-0.05, 0) is 24.3 Å². The molecule has 9 nitrogen and oxygen atoms in total. The summed E-state index contributed by atoms with van der Waals surface area (Å²) < 4.78 is 0. The zero-order chi connectivity index (χ0) is 18.4. The van der Waals surface area contributed by atoms with Crippen LogP contribution in [0.4, 0.5) is 0 Å². The quantitative estimate of drug-likeness (QED) is 0.375. The summed E-state index contributed by atoms with van der Waals surface area (Å²) in [5.41, 5.74) is -1.67. The van der Waals surface area contributed by atoms with Crippen LogP contribution in [-0.2, 0) is 0 Å². The van der Waals surface area contributed by atoms with Crippen LogP contribution in [0.3, 0.4) is 0 Å². The second-order valence-electron chi connectivity index (χ2n) is 5.67. The van der Waals surface area contributed by atoms with Gasteiger partial charge in [-0.3, -0.25) is 44.4 Å². The van der Waals surface area contributed by atoms with Gasteiger partial charge in [-0.15, -0.1) is 0 Å². The minimum absolute atomic E-state index is 0.0784. The average Bonchev–Trinajstić information content (AvgIpc) is 2.66. The molecule has 0 amide bonds. The standard InChI is InChI=1S/C17H10N4O5/c22-13(7-1-3-9-11(5-7)16(25)20-18-14(9)23)8-2-4-10-12(6-8)17(26)21-19-15(10)24/h1-6H,(H,18,23)(H,19,24)(H,20,25)(H,21,26). The molecule has 0 aliphatic rings. The maximum absolute atomic E-state index is 12.7. The van der Waals surface area contributed by atoms with Gasteiger partial charge in [0.05, 0.1) is 21.5 Å². The molecular formula is C17H10N4O5. The molecule has 0 atom stereocenters. The molecule has 4 N–H and O–H groups in total. The fourth-order valence-corrected chi connectivity index (χ4v) is 2.81. The molecule has 128 valence electrons. The van der Waals surface area contributed by atoms with E-state index in [0.717, 1.165) is 0 Å². The van der Waals surface area contributed by atoms with E-state index in [1.54, 1.807) is 0 Å². The number of aromatic nitrogens is 4. The normalized spacial score (nSPS) is 11.1. The lowest BCUT2D eigenvalue weighted by Gasteiger charge is -2.04. The molecule has 0 bridgehead atoms. The van der Waals surface area contributed by atoms with E-state index >= 15 is 0 Å². The van der Waals surface area contributed by atoms with E-state index < -0.39 is 28.0 Å². The Balaban J connectivity index is 1.91. The van der Waals surface area contributed by atoms with Crippen LogP contribution in [0.2, 0.25) is 0 Å². The summed E-state index contributed by atoms with van der Waals surface area (Å²) >= 11 is 0. The Hall–Kier alpha value is -4.01. The number of aromatic amines is 4. The Kier molecular flexibility index (Phi) is 3.29. The number of H-pyrrole nitrogens is 4. The molecule has 0 saturated carbocycles. The third-order valence-electron chi connectivity index (χ3n) is 4.12. The zero-order valence-corrected chi connectivity index (χ0v) is 13.0. The molecule has 0 saturated heterocycles. The summed E-state index contributed by atoms with van der Waals surface area (Å²) in [5.74, 6) is -0.451. The second-order valence-corrected chi connectivity index (χ2v) is 5.67. The molecule has 4 aromatic rings. The van der Waals surface area contributed by atoms with Crippen LogP contribution in [-0.4, -0.2) is 26.2 Å². The monoisotopic (exact) mass is 350 g/mol. The van der Waals surface area contributed by atoms with Crippen molar-refractivity contribution in [2.75, 3.05) is 0 Å². The first-order chi connectivity index (χ1) is 12.5. The first-order valence-electron chi connectivity index (χ1n) is 7.50. The van der Waals surface area contributed by atoms with Gasteiger partial charge in [-0.1, -0.05) is 12.1 Å². The fourth-order valence-electron chi connectivity index (χ4n) is 2.81. The summed E-state index contributed by atoms with van der Waals surface area (Å²) in [6.07, 6.45) is 0. The largest absolute Gasteiger partial charge is 0.289 e. The average molecular weight is 350 g/mol. The summed E-state index contributed by atoms with van der Waals surface area (Å²) in [6, 6.07) is 8.25. The summed E-state index contributed by atoms with van der Waals surface area (Å²) in [5, 5.41) is 9.28. The van der Waals surface area contributed by atoms with E-state index in [-0.39, 0.29) is 32.7 Å². The Labute approximate surface area is 142 Å². The van der Waals surface area contributed by atoms with Crippen molar-refractivity contribution in [1.82, 2.24) is 20.4 Å². The minimum Gasteiger partial charge on any atom is -0.289 e. The Morgan fingerprint density at radius 1 is 0.538 bits per heavy atom. The lowest BCUT2D eigenvalue weighted by molar-refractivity contribution is 0.103. The van der Waals surface area contributed by atoms with Gasteiger partial charge in [0.15, 0.2) is 5.78 Å². The maximum atomic E-state index is 12.7. The van der Waals surface area contributed by atoms with Crippen LogP contribution in [0.1, 0.15) is 15.9 Å². The predicted molar refractivity (Wildman–Crippen MR) is 93.8 cm³/mol. The summed E-state index contributed by atoms with van der Waals surface area (Å²) in [4.78, 5) is 59.9. The highest BCUT2D eigenvalue weighted by Gasteiger charge is 2.14. The second kappa shape index (κ2) is 5.52. The highest BCUT2D eigenvalue weighted by Crippen LogP contribution is 2.16. The van der Waals surface area contributed by atoms with Crippen LogP contribution >= 0.6 is 0 Å². The summed E-state index contributed by atoms with van der Waals surface area (Å²) in [7, 11) is 0. The lowest BCUT2D eigenvalue weighted by atomic mass is 9.99. The molecule has 0 unspecified atom stereocenters. The van der Waals surface area contributed by atoms with Gasteiger partial charge in [0.1, 0.15) is 0 Å². The van der Waals surface area contributed by atoms with Gasteiger partial charge in [-0.2, -0.15) is 0 Å². The van der Waals surface area contributed by atoms with Crippen molar-refractivity contribution >= 4 is 27.3 Å². The molecule has 0 fully saturated rings. The number of ketones is 1. The van der Waals surface area contributed by atoms with Gasteiger partial charge in [0.2, 0.25) is 0 Å². The number of fused-ring (bicyclic) bond motifs is 2. The smallest absolute Gasteiger partial charge is 0.270 e. The number of benzene rings is 2. The maximum Gasteiger partial charge on any atom is 0.270 e. The predicted octanol–water partition coefficient (Wildman–Crippen LogP) is -0.0228. The first-order valence-corrected chi connectivity index (χ1v) is 7.50. The fraction of sp³-hybridized carbons (Fsp3) is 0. The third-order valence-corrected chi connectivity index (χ3v) is 4.12. The minimum atomic E-state index is -0.532. The van der Waals surface area contributed by atoms with Crippen molar-refractivity contribution in [3.63, 3.8) is 0 Å². The van der Waals surface area contributed by atoms with Gasteiger partial charge in [0, 0.05) is 11.1 Å². The molecule has 2 aromatic carbocycles. The molecule has 0 radical (unpaired) electrons. The van der Waals surface area contributed by atoms with Gasteiger partial charge >= 0.3 is 0 Å². The first kappa shape index (κ1) is 15.5. The van der Waals surface area contributed by atoms with Crippen molar-refractivity contribution in [3.8, 4) is 0 Å². The Morgan fingerprint density at radius 2 is 0.885 bits per heavy atom. The molecule has 0 spiro atoms. The van der Waals surface area contributed by atoms with Gasteiger partial charge < -0.3 is 0 Å². The molecule has 0 aliphatic heterocycles. The van der Waals surface area contributed by atoms with Crippen molar-refractivity contribution in [2.24, 2.45) is 0 Å². The van der Waals surface area contributed by atoms with Crippen molar-refractivity contribution in [3.05, 3.63) is 88.9 Å².